The molecule has 4 heteroatoms. The van der Waals surface area contributed by atoms with E-state index in [1.54, 1.807) is 18.7 Å². The Morgan fingerprint density at radius 1 is 1.40 bits per heavy atom. The van der Waals surface area contributed by atoms with Gasteiger partial charge in [-0.05, 0) is 62.4 Å². The summed E-state index contributed by atoms with van der Waals surface area (Å²) in [4.78, 5) is 12.6. The number of carboxylic acids is 1. The highest BCUT2D eigenvalue weighted by Crippen LogP contribution is 2.29. The van der Waals surface area contributed by atoms with E-state index in [-0.39, 0.29) is 0 Å². The number of rotatable bonds is 7. The van der Waals surface area contributed by atoms with E-state index in [4.69, 9.17) is 0 Å². The molecule has 0 fully saturated rings. The molecular weight excluding hydrogens is 270 g/mol. The van der Waals surface area contributed by atoms with Crippen molar-refractivity contribution in [3.8, 4) is 0 Å². The fourth-order valence-corrected chi connectivity index (χ4v) is 3.53. The number of aryl methyl sites for hydroxylation is 2. The minimum atomic E-state index is -0.861. The van der Waals surface area contributed by atoms with Crippen LogP contribution in [-0.2, 0) is 17.6 Å². The Hall–Kier alpha value is -1.00. The summed E-state index contributed by atoms with van der Waals surface area (Å²) >= 11 is 1.63. The lowest BCUT2D eigenvalue weighted by molar-refractivity contribution is -0.143. The van der Waals surface area contributed by atoms with Gasteiger partial charge < -0.3 is 10.4 Å². The number of hydrogen-bond donors (Lipinski definition) is 2. The fraction of sp³-hybridized carbons (Fsp3) is 0.562. The van der Waals surface area contributed by atoms with Crippen LogP contribution in [0.4, 0.5) is 0 Å². The van der Waals surface area contributed by atoms with Crippen molar-refractivity contribution < 1.29 is 9.90 Å². The van der Waals surface area contributed by atoms with Crippen molar-refractivity contribution in [1.82, 2.24) is 5.32 Å². The van der Waals surface area contributed by atoms with Gasteiger partial charge in [0.1, 0.15) is 5.54 Å². The molecule has 0 saturated carbocycles. The first-order valence-electron chi connectivity index (χ1n) is 7.28. The van der Waals surface area contributed by atoms with E-state index in [9.17, 15) is 9.90 Å². The topological polar surface area (TPSA) is 49.3 Å². The summed E-state index contributed by atoms with van der Waals surface area (Å²) in [6.45, 7) is 4.54. The zero-order valence-electron chi connectivity index (χ0n) is 12.2. The summed E-state index contributed by atoms with van der Waals surface area (Å²) in [5.41, 5.74) is 2.03. The largest absolute Gasteiger partial charge is 0.480 e. The van der Waals surface area contributed by atoms with Crippen LogP contribution in [0.5, 0.6) is 0 Å². The molecule has 0 bridgehead atoms. The van der Waals surface area contributed by atoms with Crippen LogP contribution in [0.15, 0.2) is 23.1 Å². The molecule has 0 saturated heterocycles. The third kappa shape index (κ3) is 3.55. The molecule has 1 aromatic rings. The summed E-state index contributed by atoms with van der Waals surface area (Å²) in [5, 5.41) is 12.6. The quantitative estimate of drug-likeness (QED) is 0.758. The summed E-state index contributed by atoms with van der Waals surface area (Å²) in [6.07, 6.45) is 4.53. The first kappa shape index (κ1) is 15.4. The van der Waals surface area contributed by atoms with Crippen LogP contribution in [0.1, 0.15) is 37.8 Å². The summed E-state index contributed by atoms with van der Waals surface area (Å²) in [5.74, 6) is -0.235. The molecule has 0 heterocycles. The third-order valence-corrected chi connectivity index (χ3v) is 5.14. The van der Waals surface area contributed by atoms with E-state index < -0.39 is 11.5 Å². The maximum atomic E-state index is 11.5. The van der Waals surface area contributed by atoms with Gasteiger partial charge in [-0.1, -0.05) is 13.0 Å². The molecule has 1 atom stereocenters. The molecule has 1 unspecified atom stereocenters. The van der Waals surface area contributed by atoms with Gasteiger partial charge in [-0.2, -0.15) is 0 Å². The average Bonchev–Trinajstić information content (AvgIpc) is 2.90. The van der Waals surface area contributed by atoms with Crippen LogP contribution in [0.2, 0.25) is 0 Å². The van der Waals surface area contributed by atoms with Gasteiger partial charge >= 0.3 is 5.97 Å². The standard InChI is InChI=1S/C16H23NO2S/c1-3-9-17-16(2,15(18)19)11-20-14-8-7-12-5-4-6-13(12)10-14/h7-8,10,17H,3-6,9,11H2,1-2H3,(H,18,19). The fourth-order valence-electron chi connectivity index (χ4n) is 2.45. The Morgan fingerprint density at radius 3 is 2.85 bits per heavy atom. The molecule has 1 aromatic carbocycles. The normalized spacial score (nSPS) is 16.7. The monoisotopic (exact) mass is 293 g/mol. The smallest absolute Gasteiger partial charge is 0.324 e. The van der Waals surface area contributed by atoms with Crippen molar-refractivity contribution in [3.63, 3.8) is 0 Å². The summed E-state index contributed by atoms with van der Waals surface area (Å²) < 4.78 is 0. The Kier molecular flexibility index (Phi) is 5.11. The van der Waals surface area contributed by atoms with Gasteiger partial charge in [0.2, 0.25) is 0 Å². The number of fused-ring (bicyclic) bond motifs is 1. The van der Waals surface area contributed by atoms with Gasteiger partial charge in [0.15, 0.2) is 0 Å². The molecule has 1 aliphatic rings. The second kappa shape index (κ2) is 6.64. The number of carbonyl (C=O) groups is 1. The SMILES string of the molecule is CCCNC(C)(CSc1ccc2c(c1)CCC2)C(=O)O. The van der Waals surface area contributed by atoms with Crippen molar-refractivity contribution in [2.24, 2.45) is 0 Å². The molecule has 20 heavy (non-hydrogen) atoms. The predicted octanol–water partition coefficient (Wildman–Crippen LogP) is 3.11. The van der Waals surface area contributed by atoms with Crippen molar-refractivity contribution in [1.29, 1.82) is 0 Å². The Balaban J connectivity index is 2.00. The first-order valence-corrected chi connectivity index (χ1v) is 8.27. The van der Waals surface area contributed by atoms with E-state index >= 15 is 0 Å². The van der Waals surface area contributed by atoms with Gasteiger partial charge in [-0.3, -0.25) is 4.79 Å². The zero-order chi connectivity index (χ0) is 14.6. The van der Waals surface area contributed by atoms with E-state index in [0.29, 0.717) is 5.75 Å². The number of benzene rings is 1. The maximum absolute atomic E-state index is 11.5. The predicted molar refractivity (Wildman–Crippen MR) is 83.5 cm³/mol. The van der Waals surface area contributed by atoms with E-state index in [1.165, 1.54) is 28.9 Å². The number of carboxylic acid groups (broad SMARTS) is 1. The van der Waals surface area contributed by atoms with E-state index in [2.05, 4.69) is 23.5 Å². The highest BCUT2D eigenvalue weighted by atomic mass is 32.2. The Morgan fingerprint density at radius 2 is 2.15 bits per heavy atom. The minimum Gasteiger partial charge on any atom is -0.480 e. The second-order valence-electron chi connectivity index (χ2n) is 5.64. The first-order chi connectivity index (χ1) is 9.55. The highest BCUT2D eigenvalue weighted by molar-refractivity contribution is 7.99. The molecule has 0 amide bonds. The zero-order valence-corrected chi connectivity index (χ0v) is 13.1. The van der Waals surface area contributed by atoms with Crippen LogP contribution in [0.25, 0.3) is 0 Å². The Labute approximate surface area is 125 Å². The van der Waals surface area contributed by atoms with Crippen LogP contribution in [-0.4, -0.2) is 28.9 Å². The summed E-state index contributed by atoms with van der Waals surface area (Å²) in [7, 11) is 0. The van der Waals surface area contributed by atoms with Crippen LogP contribution >= 0.6 is 11.8 Å². The summed E-state index contributed by atoms with van der Waals surface area (Å²) in [6, 6.07) is 6.55. The average molecular weight is 293 g/mol. The molecule has 0 aromatic heterocycles. The van der Waals surface area contributed by atoms with Gasteiger partial charge in [-0.15, -0.1) is 11.8 Å². The number of thioether (sulfide) groups is 1. The number of aliphatic carboxylic acids is 1. The second-order valence-corrected chi connectivity index (χ2v) is 6.69. The van der Waals surface area contributed by atoms with Crippen molar-refractivity contribution in [3.05, 3.63) is 29.3 Å². The van der Waals surface area contributed by atoms with Crippen LogP contribution in [0.3, 0.4) is 0 Å². The van der Waals surface area contributed by atoms with Crippen LogP contribution < -0.4 is 5.32 Å². The van der Waals surface area contributed by atoms with Gasteiger partial charge in [0.25, 0.3) is 0 Å². The molecule has 0 spiro atoms. The van der Waals surface area contributed by atoms with Crippen molar-refractivity contribution in [2.45, 2.75) is 50.0 Å². The van der Waals surface area contributed by atoms with E-state index in [1.807, 2.05) is 6.92 Å². The third-order valence-electron chi connectivity index (χ3n) is 3.83. The maximum Gasteiger partial charge on any atom is 0.324 e. The molecular formula is C16H23NO2S. The lowest BCUT2D eigenvalue weighted by Crippen LogP contribution is -2.51. The van der Waals surface area contributed by atoms with Crippen molar-refractivity contribution >= 4 is 17.7 Å². The van der Waals surface area contributed by atoms with Gasteiger partial charge in [0, 0.05) is 10.6 Å². The lowest BCUT2D eigenvalue weighted by atomic mass is 10.1. The molecule has 0 radical (unpaired) electrons. The Bertz CT molecular complexity index is 489. The molecule has 2 N–H and O–H groups in total. The van der Waals surface area contributed by atoms with Crippen molar-refractivity contribution in [2.75, 3.05) is 12.3 Å². The number of hydrogen-bond acceptors (Lipinski definition) is 3. The highest BCUT2D eigenvalue weighted by Gasteiger charge is 2.32. The molecule has 1 aliphatic carbocycles. The molecule has 110 valence electrons. The minimum absolute atomic E-state index is 0.543. The van der Waals surface area contributed by atoms with Gasteiger partial charge in [0.05, 0.1) is 0 Å². The molecule has 2 rings (SSSR count). The molecule has 3 nitrogen and oxygen atoms in total. The van der Waals surface area contributed by atoms with Gasteiger partial charge in [-0.25, -0.2) is 0 Å². The van der Waals surface area contributed by atoms with E-state index in [0.717, 1.165) is 19.4 Å². The lowest BCUT2D eigenvalue weighted by Gasteiger charge is -2.25. The number of nitrogens with one attached hydrogen (secondary N) is 1. The molecule has 0 aliphatic heterocycles. The van der Waals surface area contributed by atoms with Crippen LogP contribution in [0, 0.1) is 0 Å².